The summed E-state index contributed by atoms with van der Waals surface area (Å²) in [6, 6.07) is 1.92. The van der Waals surface area contributed by atoms with E-state index in [0.717, 1.165) is 12.1 Å². The topological polar surface area (TPSA) is 61.2 Å². The van der Waals surface area contributed by atoms with Gasteiger partial charge < -0.3 is 9.30 Å². The molecule has 2 aromatic rings. The fourth-order valence-corrected chi connectivity index (χ4v) is 1.80. The number of imidazole rings is 1. The molecule has 7 heteroatoms. The average Bonchev–Trinajstić information content (AvgIpc) is 2.72. The molecule has 1 heterocycles. The Kier molecular flexibility index (Phi) is 4.07. The average molecular weight is 282 g/mol. The number of ether oxygens (including phenoxy) is 1. The highest BCUT2D eigenvalue weighted by molar-refractivity contribution is 5.95. The highest BCUT2D eigenvalue weighted by Gasteiger charge is 2.14. The van der Waals surface area contributed by atoms with Gasteiger partial charge in [0, 0.05) is 12.1 Å². The second-order valence-corrected chi connectivity index (χ2v) is 4.15. The third-order valence-corrected chi connectivity index (χ3v) is 2.66. The molecule has 5 nitrogen and oxygen atoms in total. The molecule has 0 unspecified atom stereocenters. The van der Waals surface area contributed by atoms with Gasteiger partial charge in [0.2, 0.25) is 0 Å². The van der Waals surface area contributed by atoms with E-state index in [-0.39, 0.29) is 25.1 Å². The highest BCUT2D eigenvalue weighted by Crippen LogP contribution is 2.17. The molecule has 20 heavy (non-hydrogen) atoms. The van der Waals surface area contributed by atoms with Crippen molar-refractivity contribution in [3.63, 3.8) is 0 Å². The predicted molar refractivity (Wildman–Crippen MR) is 65.9 cm³/mol. The summed E-state index contributed by atoms with van der Waals surface area (Å²) < 4.78 is 32.2. The first kappa shape index (κ1) is 14.1. The van der Waals surface area contributed by atoms with Crippen LogP contribution in [0, 0.1) is 11.6 Å². The third kappa shape index (κ3) is 2.98. The van der Waals surface area contributed by atoms with Crippen LogP contribution in [0.2, 0.25) is 0 Å². The van der Waals surface area contributed by atoms with E-state index >= 15 is 0 Å². The molecule has 0 spiro atoms. The molecule has 0 atom stereocenters. The molecular formula is C13H12F2N2O3. The van der Waals surface area contributed by atoms with E-state index in [9.17, 15) is 18.4 Å². The van der Waals surface area contributed by atoms with Crippen molar-refractivity contribution in [2.45, 2.75) is 19.9 Å². The molecule has 0 radical (unpaired) electrons. The van der Waals surface area contributed by atoms with E-state index in [2.05, 4.69) is 9.72 Å². The van der Waals surface area contributed by atoms with Crippen molar-refractivity contribution in [1.29, 1.82) is 0 Å². The Hall–Kier alpha value is -2.31. The molecule has 0 aliphatic carbocycles. The number of carbonyl (C=O) groups is 2. The smallest absolute Gasteiger partial charge is 0.313 e. The lowest BCUT2D eigenvalue weighted by Gasteiger charge is -2.04. The Morgan fingerprint density at radius 2 is 2.00 bits per heavy atom. The second kappa shape index (κ2) is 5.77. The van der Waals surface area contributed by atoms with Crippen molar-refractivity contribution in [1.82, 2.24) is 9.55 Å². The minimum atomic E-state index is -1.02. The van der Waals surface area contributed by atoms with Crippen LogP contribution in [0.3, 0.4) is 0 Å². The molecule has 106 valence electrons. The normalized spacial score (nSPS) is 10.8. The molecular weight excluding hydrogens is 270 g/mol. The summed E-state index contributed by atoms with van der Waals surface area (Å²) >= 11 is 0. The lowest BCUT2D eigenvalue weighted by atomic mass is 10.2. The van der Waals surface area contributed by atoms with Crippen LogP contribution in [-0.4, -0.2) is 27.9 Å². The molecule has 0 saturated carbocycles. The number of nitrogens with zero attached hydrogens (tertiary/aromatic N) is 2. The summed E-state index contributed by atoms with van der Waals surface area (Å²) in [5, 5.41) is 0. The Balaban J connectivity index is 2.16. The lowest BCUT2D eigenvalue weighted by Crippen LogP contribution is -2.16. The van der Waals surface area contributed by atoms with Gasteiger partial charge in [-0.1, -0.05) is 0 Å². The number of fused-ring (bicyclic) bond motifs is 1. The number of benzene rings is 1. The minimum Gasteiger partial charge on any atom is -0.466 e. The monoisotopic (exact) mass is 282 g/mol. The fourth-order valence-electron chi connectivity index (χ4n) is 1.80. The molecule has 0 fully saturated rings. The SMILES string of the molecule is CCOC(=O)CC(=O)Cn1cnc2cc(F)c(F)cc21. The van der Waals surface area contributed by atoms with Crippen LogP contribution in [-0.2, 0) is 20.9 Å². The van der Waals surface area contributed by atoms with Gasteiger partial charge in [0.1, 0.15) is 6.42 Å². The van der Waals surface area contributed by atoms with Gasteiger partial charge in [-0.15, -0.1) is 0 Å². The second-order valence-electron chi connectivity index (χ2n) is 4.15. The van der Waals surface area contributed by atoms with Gasteiger partial charge in [-0.25, -0.2) is 13.8 Å². The summed E-state index contributed by atoms with van der Waals surface area (Å²) in [4.78, 5) is 26.7. The Labute approximate surface area is 113 Å². The first-order chi connectivity index (χ1) is 9.51. The fraction of sp³-hybridized carbons (Fsp3) is 0.308. The van der Waals surface area contributed by atoms with Gasteiger partial charge in [0.05, 0.1) is 30.5 Å². The van der Waals surface area contributed by atoms with Crippen LogP contribution >= 0.6 is 0 Å². The van der Waals surface area contributed by atoms with Gasteiger partial charge in [-0.3, -0.25) is 9.59 Å². The van der Waals surface area contributed by atoms with Gasteiger partial charge in [0.15, 0.2) is 17.4 Å². The van der Waals surface area contributed by atoms with Crippen LogP contribution in [0.25, 0.3) is 11.0 Å². The van der Waals surface area contributed by atoms with E-state index in [1.165, 1.54) is 10.9 Å². The third-order valence-electron chi connectivity index (χ3n) is 2.66. The summed E-state index contributed by atoms with van der Waals surface area (Å²) in [7, 11) is 0. The number of ketones is 1. The van der Waals surface area contributed by atoms with E-state index in [4.69, 9.17) is 0 Å². The molecule has 0 aliphatic rings. The zero-order valence-corrected chi connectivity index (χ0v) is 10.7. The van der Waals surface area contributed by atoms with Crippen LogP contribution in [0.4, 0.5) is 8.78 Å². The van der Waals surface area contributed by atoms with E-state index in [0.29, 0.717) is 5.52 Å². The molecule has 0 N–H and O–H groups in total. The first-order valence-corrected chi connectivity index (χ1v) is 5.98. The van der Waals surface area contributed by atoms with Crippen molar-refractivity contribution in [2.75, 3.05) is 6.61 Å². The van der Waals surface area contributed by atoms with E-state index < -0.39 is 23.4 Å². The molecule has 0 aliphatic heterocycles. The maximum atomic E-state index is 13.2. The van der Waals surface area contributed by atoms with Crippen molar-refractivity contribution >= 4 is 22.8 Å². The van der Waals surface area contributed by atoms with Crippen LogP contribution in [0.1, 0.15) is 13.3 Å². The number of halogens is 2. The highest BCUT2D eigenvalue weighted by atomic mass is 19.2. The minimum absolute atomic E-state index is 0.152. The Morgan fingerprint density at radius 3 is 2.70 bits per heavy atom. The number of esters is 1. The molecule has 0 amide bonds. The van der Waals surface area contributed by atoms with Gasteiger partial charge >= 0.3 is 5.97 Å². The Bertz CT molecular complexity index is 667. The largest absolute Gasteiger partial charge is 0.466 e. The lowest BCUT2D eigenvalue weighted by molar-refractivity contribution is -0.145. The summed E-state index contributed by atoms with van der Waals surface area (Å²) in [6.45, 7) is 1.69. The van der Waals surface area contributed by atoms with Crippen LogP contribution in [0.15, 0.2) is 18.5 Å². The van der Waals surface area contributed by atoms with Crippen molar-refractivity contribution < 1.29 is 23.1 Å². The molecule has 1 aromatic carbocycles. The maximum Gasteiger partial charge on any atom is 0.313 e. The van der Waals surface area contributed by atoms with Crippen molar-refractivity contribution in [3.8, 4) is 0 Å². The standard InChI is InChI=1S/C13H12F2N2O3/c1-2-20-13(19)3-8(18)6-17-7-16-11-4-9(14)10(15)5-12(11)17/h4-5,7H,2-3,6H2,1H3. The number of rotatable bonds is 5. The molecule has 2 rings (SSSR count). The summed E-state index contributed by atoms with van der Waals surface area (Å²) in [5.74, 6) is -3.02. The number of Topliss-reactive ketones (excluding diaryl/α,β-unsaturated/α-hetero) is 1. The number of hydrogen-bond donors (Lipinski definition) is 0. The first-order valence-electron chi connectivity index (χ1n) is 5.98. The quantitative estimate of drug-likeness (QED) is 0.620. The predicted octanol–water partition coefficient (Wildman–Crippen LogP) is 1.84. The number of carbonyl (C=O) groups excluding carboxylic acids is 2. The van der Waals surface area contributed by atoms with Gasteiger partial charge in [0.25, 0.3) is 0 Å². The molecule has 1 aromatic heterocycles. The summed E-state index contributed by atoms with van der Waals surface area (Å²) in [6.07, 6.45) is 0.934. The van der Waals surface area contributed by atoms with Crippen LogP contribution in [0.5, 0.6) is 0 Å². The Morgan fingerprint density at radius 1 is 1.30 bits per heavy atom. The molecule has 0 bridgehead atoms. The van der Waals surface area contributed by atoms with Crippen LogP contribution < -0.4 is 0 Å². The van der Waals surface area contributed by atoms with Gasteiger partial charge in [-0.2, -0.15) is 0 Å². The van der Waals surface area contributed by atoms with Crippen molar-refractivity contribution in [2.24, 2.45) is 0 Å². The maximum absolute atomic E-state index is 13.2. The molecule has 0 saturated heterocycles. The van der Waals surface area contributed by atoms with E-state index in [1.807, 2.05) is 0 Å². The summed E-state index contributed by atoms with van der Waals surface area (Å²) in [5.41, 5.74) is 0.536. The zero-order chi connectivity index (χ0) is 14.7. The zero-order valence-electron chi connectivity index (χ0n) is 10.7. The van der Waals surface area contributed by atoms with Crippen molar-refractivity contribution in [3.05, 3.63) is 30.1 Å². The number of aromatic nitrogens is 2. The van der Waals surface area contributed by atoms with E-state index in [1.54, 1.807) is 6.92 Å². The number of hydrogen-bond acceptors (Lipinski definition) is 4. The van der Waals surface area contributed by atoms with Gasteiger partial charge in [-0.05, 0) is 6.92 Å².